The van der Waals surface area contributed by atoms with Gasteiger partial charge in [-0.05, 0) is 18.2 Å². The number of nitrogens with zero attached hydrogens (tertiary/aromatic N) is 2. The number of aromatic nitrogens is 1. The van der Waals surface area contributed by atoms with Crippen molar-refractivity contribution in [1.82, 2.24) is 4.57 Å². The number of carbonyl (C=O) groups is 2. The van der Waals surface area contributed by atoms with Crippen LogP contribution < -0.4 is 0 Å². The number of methoxy groups -OCH3 is 1. The van der Waals surface area contributed by atoms with E-state index in [0.29, 0.717) is 0 Å². The Bertz CT molecular complexity index is 690. The molecule has 102 valence electrons. The van der Waals surface area contributed by atoms with Crippen LogP contribution in [0.1, 0.15) is 20.8 Å². The van der Waals surface area contributed by atoms with E-state index in [-0.39, 0.29) is 16.9 Å². The largest absolute Gasteiger partial charge is 0.464 e. The molecule has 0 spiro atoms. The molecular weight excluding hydrogens is 264 g/mol. The molecule has 2 rings (SSSR count). The Labute approximate surface area is 113 Å². The molecular formula is C13H10N2O5. The van der Waals surface area contributed by atoms with E-state index in [9.17, 15) is 19.7 Å². The summed E-state index contributed by atoms with van der Waals surface area (Å²) in [5.41, 5.74) is -0.406. The maximum Gasteiger partial charge on any atom is 0.355 e. The van der Waals surface area contributed by atoms with Gasteiger partial charge in [0.25, 0.3) is 11.6 Å². The maximum atomic E-state index is 12.3. The molecule has 0 saturated carbocycles. The molecule has 0 saturated heterocycles. The van der Waals surface area contributed by atoms with Crippen LogP contribution in [-0.4, -0.2) is 28.5 Å². The molecule has 7 heteroatoms. The van der Waals surface area contributed by atoms with Crippen molar-refractivity contribution in [2.24, 2.45) is 0 Å². The fraction of sp³-hybridized carbons (Fsp3) is 0.0769. The number of nitro benzene ring substituents is 1. The number of hydrogen-bond donors (Lipinski definition) is 0. The molecule has 0 amide bonds. The van der Waals surface area contributed by atoms with Crippen molar-refractivity contribution in [2.45, 2.75) is 0 Å². The summed E-state index contributed by atoms with van der Waals surface area (Å²) >= 11 is 0. The molecule has 0 radical (unpaired) electrons. The molecule has 1 heterocycles. The van der Waals surface area contributed by atoms with Crippen molar-refractivity contribution < 1.29 is 19.2 Å². The number of nitro groups is 1. The molecule has 0 aliphatic carbocycles. The highest BCUT2D eigenvalue weighted by Crippen LogP contribution is 2.20. The summed E-state index contributed by atoms with van der Waals surface area (Å²) in [7, 11) is 1.19. The van der Waals surface area contributed by atoms with Crippen molar-refractivity contribution in [2.75, 3.05) is 7.11 Å². The molecule has 0 atom stereocenters. The summed E-state index contributed by atoms with van der Waals surface area (Å²) in [5.74, 6) is -1.36. The second-order valence-corrected chi connectivity index (χ2v) is 3.83. The third-order valence-electron chi connectivity index (χ3n) is 2.69. The minimum absolute atomic E-state index is 0.00986. The lowest BCUT2D eigenvalue weighted by Crippen LogP contribution is -2.18. The normalized spacial score (nSPS) is 10.1. The molecule has 2 aromatic rings. The molecule has 0 fully saturated rings. The Morgan fingerprint density at radius 3 is 2.55 bits per heavy atom. The Morgan fingerprint density at radius 2 is 1.90 bits per heavy atom. The molecule has 20 heavy (non-hydrogen) atoms. The van der Waals surface area contributed by atoms with Gasteiger partial charge in [-0.1, -0.05) is 12.1 Å². The SMILES string of the molecule is COC(=O)c1cccn1C(=O)c1ccccc1[N+](=O)[O-]. The number of para-hydroxylation sites is 1. The van der Waals surface area contributed by atoms with Gasteiger partial charge in [-0.2, -0.15) is 0 Å². The van der Waals surface area contributed by atoms with Crippen LogP contribution in [-0.2, 0) is 4.74 Å². The molecule has 0 aliphatic rings. The van der Waals surface area contributed by atoms with Crippen molar-refractivity contribution in [3.63, 3.8) is 0 Å². The number of ether oxygens (including phenoxy) is 1. The fourth-order valence-electron chi connectivity index (χ4n) is 1.77. The van der Waals surface area contributed by atoms with Crippen molar-refractivity contribution in [3.05, 3.63) is 64.0 Å². The van der Waals surface area contributed by atoms with E-state index < -0.39 is 16.8 Å². The third-order valence-corrected chi connectivity index (χ3v) is 2.69. The summed E-state index contributed by atoms with van der Waals surface area (Å²) in [6.07, 6.45) is 1.35. The first kappa shape index (κ1) is 13.5. The summed E-state index contributed by atoms with van der Waals surface area (Å²) in [6, 6.07) is 8.43. The van der Waals surface area contributed by atoms with Crippen molar-refractivity contribution >= 4 is 17.6 Å². The first-order valence-corrected chi connectivity index (χ1v) is 5.60. The second kappa shape index (κ2) is 5.35. The van der Waals surface area contributed by atoms with Crippen LogP contribution in [0.2, 0.25) is 0 Å². The standard InChI is InChI=1S/C13H10N2O5/c1-20-13(17)11-7-4-8-14(11)12(16)9-5-2-3-6-10(9)15(18)19/h2-8H,1H3. The van der Waals surface area contributed by atoms with E-state index in [4.69, 9.17) is 0 Å². The zero-order valence-electron chi connectivity index (χ0n) is 10.5. The molecule has 0 aliphatic heterocycles. The lowest BCUT2D eigenvalue weighted by atomic mass is 10.1. The Kier molecular flexibility index (Phi) is 3.60. The van der Waals surface area contributed by atoms with Gasteiger partial charge in [0.2, 0.25) is 0 Å². The van der Waals surface area contributed by atoms with Gasteiger partial charge in [0.05, 0.1) is 12.0 Å². The fourth-order valence-corrected chi connectivity index (χ4v) is 1.77. The van der Waals surface area contributed by atoms with Crippen molar-refractivity contribution in [3.8, 4) is 0 Å². The van der Waals surface area contributed by atoms with Gasteiger partial charge in [0.1, 0.15) is 11.3 Å². The van der Waals surface area contributed by atoms with Crippen molar-refractivity contribution in [1.29, 1.82) is 0 Å². The van der Waals surface area contributed by atoms with Crippen LogP contribution in [0.15, 0.2) is 42.6 Å². The van der Waals surface area contributed by atoms with E-state index in [1.807, 2.05) is 0 Å². The molecule has 0 N–H and O–H groups in total. The van der Waals surface area contributed by atoms with Crippen LogP contribution in [0.25, 0.3) is 0 Å². The number of rotatable bonds is 3. The predicted molar refractivity (Wildman–Crippen MR) is 68.6 cm³/mol. The van der Waals surface area contributed by atoms with Gasteiger partial charge in [0.15, 0.2) is 0 Å². The van der Waals surface area contributed by atoms with E-state index in [2.05, 4.69) is 4.74 Å². The zero-order chi connectivity index (χ0) is 14.7. The molecule has 1 aromatic carbocycles. The highest BCUT2D eigenvalue weighted by Gasteiger charge is 2.23. The molecule has 0 unspecified atom stereocenters. The Hall–Kier alpha value is -2.96. The molecule has 7 nitrogen and oxygen atoms in total. The van der Waals surface area contributed by atoms with Crippen LogP contribution >= 0.6 is 0 Å². The molecule has 1 aromatic heterocycles. The predicted octanol–water partition coefficient (Wildman–Crippen LogP) is 1.87. The van der Waals surface area contributed by atoms with E-state index in [0.717, 1.165) is 4.57 Å². The topological polar surface area (TPSA) is 91.4 Å². The number of hydrogen-bond acceptors (Lipinski definition) is 5. The van der Waals surface area contributed by atoms with Gasteiger partial charge in [-0.25, -0.2) is 4.79 Å². The minimum Gasteiger partial charge on any atom is -0.464 e. The van der Waals surface area contributed by atoms with Gasteiger partial charge in [-0.15, -0.1) is 0 Å². The quantitative estimate of drug-likeness (QED) is 0.484. The highest BCUT2D eigenvalue weighted by atomic mass is 16.6. The average Bonchev–Trinajstić information content (AvgIpc) is 2.95. The minimum atomic E-state index is -0.693. The average molecular weight is 274 g/mol. The smallest absolute Gasteiger partial charge is 0.355 e. The number of esters is 1. The highest BCUT2D eigenvalue weighted by molar-refractivity contribution is 6.03. The number of carbonyl (C=O) groups excluding carboxylic acids is 2. The van der Waals surface area contributed by atoms with Gasteiger partial charge < -0.3 is 4.74 Å². The lowest BCUT2D eigenvalue weighted by molar-refractivity contribution is -0.385. The van der Waals surface area contributed by atoms with Crippen LogP contribution in [0, 0.1) is 10.1 Å². The van der Waals surface area contributed by atoms with Crippen LogP contribution in [0.3, 0.4) is 0 Å². The van der Waals surface area contributed by atoms with Crippen LogP contribution in [0.5, 0.6) is 0 Å². The van der Waals surface area contributed by atoms with Gasteiger partial charge in [0, 0.05) is 12.3 Å². The zero-order valence-corrected chi connectivity index (χ0v) is 10.5. The van der Waals surface area contributed by atoms with Gasteiger partial charge in [-0.3, -0.25) is 19.5 Å². The maximum absolute atomic E-state index is 12.3. The van der Waals surface area contributed by atoms with Crippen LogP contribution in [0.4, 0.5) is 5.69 Å². The summed E-state index contributed by atoms with van der Waals surface area (Å²) in [6.45, 7) is 0. The Balaban J connectivity index is 2.50. The third kappa shape index (κ3) is 2.28. The first-order valence-electron chi connectivity index (χ1n) is 5.60. The Morgan fingerprint density at radius 1 is 1.20 bits per heavy atom. The lowest BCUT2D eigenvalue weighted by Gasteiger charge is -2.06. The number of benzene rings is 1. The first-order chi connectivity index (χ1) is 9.56. The van der Waals surface area contributed by atoms with Gasteiger partial charge >= 0.3 is 5.97 Å². The van der Waals surface area contributed by atoms with E-state index in [1.54, 1.807) is 0 Å². The molecule has 0 bridgehead atoms. The second-order valence-electron chi connectivity index (χ2n) is 3.83. The summed E-state index contributed by atoms with van der Waals surface area (Å²) in [4.78, 5) is 34.1. The summed E-state index contributed by atoms with van der Waals surface area (Å²) in [5, 5.41) is 10.9. The van der Waals surface area contributed by atoms with E-state index >= 15 is 0 Å². The summed E-state index contributed by atoms with van der Waals surface area (Å²) < 4.78 is 5.58. The van der Waals surface area contributed by atoms with E-state index in [1.165, 1.54) is 49.7 Å². The monoisotopic (exact) mass is 274 g/mol.